The molecule has 0 radical (unpaired) electrons. The van der Waals surface area contributed by atoms with E-state index in [-0.39, 0.29) is 18.3 Å². The number of ether oxygens (including phenoxy) is 2. The highest BCUT2D eigenvalue weighted by Gasteiger charge is 2.20. The maximum absolute atomic E-state index is 12.5. The lowest BCUT2D eigenvalue weighted by molar-refractivity contribution is 0.0750. The molecule has 12 heteroatoms. The molecule has 1 unspecified atom stereocenters. The number of halogens is 1. The summed E-state index contributed by atoms with van der Waals surface area (Å²) in [6, 6.07) is 11.9. The van der Waals surface area contributed by atoms with Crippen molar-refractivity contribution < 1.29 is 14.0 Å². The average Bonchev–Trinajstić information content (AvgIpc) is 3.45. The Morgan fingerprint density at radius 3 is 2.67 bits per heavy atom. The van der Waals surface area contributed by atoms with E-state index in [4.69, 9.17) is 25.6 Å². The van der Waals surface area contributed by atoms with Gasteiger partial charge in [-0.1, -0.05) is 53.6 Å². The molecule has 0 spiro atoms. The van der Waals surface area contributed by atoms with Gasteiger partial charge >= 0.3 is 6.01 Å². The van der Waals surface area contributed by atoms with Gasteiger partial charge in [0.05, 0.1) is 6.20 Å². The Bertz CT molecular complexity index is 1390. The lowest BCUT2D eigenvalue weighted by Crippen LogP contribution is -2.26. The van der Waals surface area contributed by atoms with Crippen molar-refractivity contribution in [3.63, 3.8) is 0 Å². The third kappa shape index (κ3) is 6.28. The first-order valence-electron chi connectivity index (χ1n) is 11.5. The Kier molecular flexibility index (Phi) is 7.72. The summed E-state index contributed by atoms with van der Waals surface area (Å²) >= 11 is 6.07. The zero-order chi connectivity index (χ0) is 25.9. The predicted molar refractivity (Wildman–Crippen MR) is 139 cm³/mol. The molecule has 190 valence electrons. The summed E-state index contributed by atoms with van der Waals surface area (Å²) in [6.07, 6.45) is 1.10. The van der Waals surface area contributed by atoms with Crippen LogP contribution in [0.3, 0.4) is 0 Å². The molecule has 0 aliphatic rings. The number of hydrogen-bond acceptors (Lipinski definition) is 8. The molecule has 0 aliphatic carbocycles. The van der Waals surface area contributed by atoms with Gasteiger partial charge in [0.25, 0.3) is 5.56 Å². The normalized spacial score (nSPS) is 12.6. The SMILES string of the molecule is CC(Oc1nnc(-c2cnn(COCC[Si](C)(C)C)c(=O)c2)n1C)c1cc(-c2cccc(Cl)c2)on1. The number of benzene rings is 1. The molecule has 10 nitrogen and oxygen atoms in total. The smallest absolute Gasteiger partial charge is 0.317 e. The van der Waals surface area contributed by atoms with Gasteiger partial charge < -0.3 is 14.0 Å². The number of nitrogens with zero attached hydrogens (tertiary/aromatic N) is 6. The van der Waals surface area contributed by atoms with Crippen molar-refractivity contribution in [3.8, 4) is 28.7 Å². The van der Waals surface area contributed by atoms with E-state index in [1.165, 1.54) is 10.7 Å². The fourth-order valence-electron chi connectivity index (χ4n) is 3.33. The van der Waals surface area contributed by atoms with E-state index in [0.717, 1.165) is 11.6 Å². The molecule has 0 bridgehead atoms. The summed E-state index contributed by atoms with van der Waals surface area (Å²) in [4.78, 5) is 12.5. The molecule has 0 N–H and O–H groups in total. The Labute approximate surface area is 214 Å². The van der Waals surface area contributed by atoms with Crippen molar-refractivity contribution in [1.29, 1.82) is 0 Å². The first-order chi connectivity index (χ1) is 17.1. The van der Waals surface area contributed by atoms with E-state index in [1.807, 2.05) is 19.1 Å². The van der Waals surface area contributed by atoms with E-state index >= 15 is 0 Å². The van der Waals surface area contributed by atoms with Crippen LogP contribution >= 0.6 is 11.6 Å². The van der Waals surface area contributed by atoms with Crippen molar-refractivity contribution in [2.24, 2.45) is 7.05 Å². The summed E-state index contributed by atoms with van der Waals surface area (Å²) in [5, 5.41) is 17.3. The van der Waals surface area contributed by atoms with Gasteiger partial charge in [0.15, 0.2) is 11.6 Å². The van der Waals surface area contributed by atoms with E-state index in [2.05, 4.69) is 40.1 Å². The van der Waals surface area contributed by atoms with Crippen LogP contribution in [0, 0.1) is 0 Å². The van der Waals surface area contributed by atoms with Crippen molar-refractivity contribution in [1.82, 2.24) is 29.7 Å². The van der Waals surface area contributed by atoms with Crippen LogP contribution in [0.1, 0.15) is 18.7 Å². The monoisotopic (exact) mass is 528 g/mol. The number of rotatable bonds is 10. The molecule has 3 heterocycles. The largest absolute Gasteiger partial charge is 0.454 e. The summed E-state index contributed by atoms with van der Waals surface area (Å²) in [5.41, 5.74) is 1.65. The molecule has 3 aromatic heterocycles. The van der Waals surface area contributed by atoms with E-state index in [0.29, 0.717) is 34.5 Å². The van der Waals surface area contributed by atoms with Gasteiger partial charge in [-0.15, -0.1) is 5.10 Å². The Morgan fingerprint density at radius 2 is 1.94 bits per heavy atom. The van der Waals surface area contributed by atoms with Gasteiger partial charge in [-0.3, -0.25) is 9.36 Å². The second kappa shape index (κ2) is 10.8. The maximum Gasteiger partial charge on any atom is 0.317 e. The molecule has 1 atom stereocenters. The quantitative estimate of drug-likeness (QED) is 0.213. The first kappa shape index (κ1) is 25.8. The third-order valence-corrected chi connectivity index (χ3v) is 7.45. The topological polar surface area (TPSA) is 110 Å². The zero-order valence-electron chi connectivity index (χ0n) is 20.9. The van der Waals surface area contributed by atoms with E-state index < -0.39 is 14.2 Å². The minimum atomic E-state index is -1.19. The molecule has 0 aliphatic heterocycles. The Hall–Kier alpha value is -3.28. The molecule has 0 saturated carbocycles. The van der Waals surface area contributed by atoms with Crippen LogP contribution in [0.4, 0.5) is 0 Å². The van der Waals surface area contributed by atoms with E-state index in [9.17, 15) is 4.79 Å². The Balaban J connectivity index is 1.42. The molecule has 4 rings (SSSR count). The highest BCUT2D eigenvalue weighted by molar-refractivity contribution is 6.76. The lowest BCUT2D eigenvalue weighted by Gasteiger charge is -2.15. The van der Waals surface area contributed by atoms with Crippen molar-refractivity contribution in [3.05, 3.63) is 63.7 Å². The highest BCUT2D eigenvalue weighted by atomic mass is 35.5. The van der Waals surface area contributed by atoms with Crippen LogP contribution in [-0.4, -0.2) is 44.4 Å². The van der Waals surface area contributed by atoms with Gasteiger partial charge in [-0.2, -0.15) is 5.10 Å². The molecule has 0 fully saturated rings. The molecule has 4 aromatic rings. The molecular formula is C24H29ClN6O4Si. The average molecular weight is 529 g/mol. The van der Waals surface area contributed by atoms with Crippen LogP contribution in [0.15, 0.2) is 51.9 Å². The van der Waals surface area contributed by atoms with Gasteiger partial charge in [-0.25, -0.2) is 4.68 Å². The van der Waals surface area contributed by atoms with Gasteiger partial charge in [-0.05, 0) is 25.1 Å². The number of hydrogen-bond donors (Lipinski definition) is 0. The zero-order valence-corrected chi connectivity index (χ0v) is 22.7. The van der Waals surface area contributed by atoms with Gasteiger partial charge in [0.1, 0.15) is 18.5 Å². The molecule has 0 amide bonds. The predicted octanol–water partition coefficient (Wildman–Crippen LogP) is 4.80. The number of aromatic nitrogens is 6. The van der Waals surface area contributed by atoms with E-state index in [1.54, 1.807) is 36.0 Å². The van der Waals surface area contributed by atoms with Crippen LogP contribution in [0.2, 0.25) is 30.7 Å². The summed E-state index contributed by atoms with van der Waals surface area (Å²) in [7, 11) is 0.560. The molecular weight excluding hydrogens is 500 g/mol. The minimum Gasteiger partial charge on any atom is -0.454 e. The molecule has 0 saturated heterocycles. The lowest BCUT2D eigenvalue weighted by atomic mass is 10.1. The molecule has 1 aromatic carbocycles. The van der Waals surface area contributed by atoms with Gasteiger partial charge in [0, 0.05) is 50.0 Å². The standard InChI is InChI=1S/C24H29ClN6O4Si/c1-16(20-13-21(35-29-20)17-7-6-8-19(25)11-17)34-24-28-27-23(30(24)2)18-12-22(32)31(26-14-18)15-33-9-10-36(3,4)5/h6-8,11-14,16H,9-10,15H2,1-5H3. The third-order valence-electron chi connectivity index (χ3n) is 5.51. The fourth-order valence-corrected chi connectivity index (χ4v) is 4.27. The first-order valence-corrected chi connectivity index (χ1v) is 15.6. The Morgan fingerprint density at radius 1 is 1.14 bits per heavy atom. The van der Waals surface area contributed by atoms with Crippen molar-refractivity contribution in [2.75, 3.05) is 6.61 Å². The van der Waals surface area contributed by atoms with Crippen molar-refractivity contribution in [2.45, 2.75) is 45.4 Å². The second-order valence-corrected chi connectivity index (χ2v) is 15.7. The van der Waals surface area contributed by atoms with Crippen LogP contribution in [0.5, 0.6) is 6.01 Å². The summed E-state index contributed by atoms with van der Waals surface area (Å²) in [5.74, 6) is 1.03. The minimum absolute atomic E-state index is 0.114. The van der Waals surface area contributed by atoms with Crippen LogP contribution in [-0.2, 0) is 18.5 Å². The van der Waals surface area contributed by atoms with Crippen LogP contribution < -0.4 is 10.3 Å². The fraction of sp³-hybridized carbons (Fsp3) is 0.375. The maximum atomic E-state index is 12.5. The molecule has 36 heavy (non-hydrogen) atoms. The summed E-state index contributed by atoms with van der Waals surface area (Å²) in [6.45, 7) is 9.39. The van der Waals surface area contributed by atoms with Gasteiger partial charge in [0.2, 0.25) is 0 Å². The highest BCUT2D eigenvalue weighted by Crippen LogP contribution is 2.28. The summed E-state index contributed by atoms with van der Waals surface area (Å²) < 4.78 is 20.0. The van der Waals surface area contributed by atoms with Crippen LogP contribution in [0.25, 0.3) is 22.7 Å². The second-order valence-electron chi connectivity index (χ2n) is 9.68. The van der Waals surface area contributed by atoms with Crippen molar-refractivity contribution >= 4 is 19.7 Å².